The maximum atomic E-state index is 12.8. The molecule has 0 N–H and O–H groups in total. The van der Waals surface area contributed by atoms with E-state index in [1.165, 1.54) is 0 Å². The van der Waals surface area contributed by atoms with Crippen molar-refractivity contribution in [1.82, 2.24) is 4.57 Å². The van der Waals surface area contributed by atoms with Crippen molar-refractivity contribution in [2.75, 3.05) is 0 Å². The summed E-state index contributed by atoms with van der Waals surface area (Å²) in [6, 6.07) is 22.0. The van der Waals surface area contributed by atoms with E-state index in [4.69, 9.17) is 27.9 Å². The number of carbonyl (C=O) groups is 2. The number of ketones is 2. The number of aryl methyl sites for hydroxylation is 1. The number of carbonyl (C=O) groups excluding carboxylic acids is 2. The Morgan fingerprint density at radius 3 is 2.14 bits per heavy atom. The van der Waals surface area contributed by atoms with Crippen LogP contribution in [-0.4, -0.2) is 16.1 Å². The fourth-order valence-corrected chi connectivity index (χ4v) is 4.84. The first-order chi connectivity index (χ1) is 16.8. The van der Waals surface area contributed by atoms with Crippen molar-refractivity contribution in [3.63, 3.8) is 0 Å². The molecule has 0 radical (unpaired) electrons. The Balaban J connectivity index is 1.38. The van der Waals surface area contributed by atoms with E-state index in [9.17, 15) is 9.59 Å². The third-order valence-corrected chi connectivity index (χ3v) is 6.77. The molecule has 4 nitrogen and oxygen atoms in total. The van der Waals surface area contributed by atoms with Crippen molar-refractivity contribution in [2.45, 2.75) is 20.5 Å². The van der Waals surface area contributed by atoms with Crippen LogP contribution in [0.4, 0.5) is 0 Å². The number of benzene rings is 3. The van der Waals surface area contributed by atoms with E-state index in [1.54, 1.807) is 42.5 Å². The van der Waals surface area contributed by atoms with Crippen LogP contribution < -0.4 is 4.74 Å². The van der Waals surface area contributed by atoms with E-state index in [0.717, 1.165) is 28.2 Å². The Morgan fingerprint density at radius 2 is 1.51 bits per heavy atom. The summed E-state index contributed by atoms with van der Waals surface area (Å²) in [6.07, 6.45) is 1.71. The number of nitrogens with zero attached hydrogens (tertiary/aromatic N) is 1. The summed E-state index contributed by atoms with van der Waals surface area (Å²) in [5.41, 5.74) is 5.71. The molecular weight excluding hydrogens is 481 g/mol. The number of fused-ring (bicyclic) bond motifs is 1. The van der Waals surface area contributed by atoms with Crippen molar-refractivity contribution >= 4 is 40.8 Å². The smallest absolute Gasteiger partial charge is 0.197 e. The first-order valence-corrected chi connectivity index (χ1v) is 11.9. The van der Waals surface area contributed by atoms with Gasteiger partial charge >= 0.3 is 0 Å². The van der Waals surface area contributed by atoms with E-state index in [-0.39, 0.29) is 17.1 Å². The summed E-state index contributed by atoms with van der Waals surface area (Å²) in [7, 11) is 0. The molecule has 5 rings (SSSR count). The number of hydrogen-bond donors (Lipinski definition) is 0. The van der Waals surface area contributed by atoms with Gasteiger partial charge in [-0.1, -0.05) is 53.5 Å². The van der Waals surface area contributed by atoms with Gasteiger partial charge in [0.2, 0.25) is 0 Å². The second-order valence-electron chi connectivity index (χ2n) is 8.44. The van der Waals surface area contributed by atoms with Gasteiger partial charge in [-0.05, 0) is 68.0 Å². The first kappa shape index (κ1) is 23.2. The maximum Gasteiger partial charge on any atom is 0.197 e. The molecule has 1 aromatic heterocycles. The van der Waals surface area contributed by atoms with E-state index < -0.39 is 0 Å². The third kappa shape index (κ3) is 4.31. The highest BCUT2D eigenvalue weighted by molar-refractivity contribution is 6.41. The molecule has 6 heteroatoms. The Bertz CT molecular complexity index is 1480. The summed E-state index contributed by atoms with van der Waals surface area (Å²) in [5, 5.41) is 1.15. The number of aromatic nitrogens is 1. The fourth-order valence-electron chi connectivity index (χ4n) is 4.38. The first-order valence-electron chi connectivity index (χ1n) is 11.1. The summed E-state index contributed by atoms with van der Waals surface area (Å²) >= 11 is 12.2. The Labute approximate surface area is 213 Å². The summed E-state index contributed by atoms with van der Waals surface area (Å²) < 4.78 is 7.98. The molecule has 1 aliphatic carbocycles. The van der Waals surface area contributed by atoms with Crippen molar-refractivity contribution in [2.24, 2.45) is 0 Å². The summed E-state index contributed by atoms with van der Waals surface area (Å²) in [6.45, 7) is 4.30. The number of allylic oxidation sites excluding steroid dienone is 1. The van der Waals surface area contributed by atoms with Gasteiger partial charge in [0.05, 0.1) is 5.57 Å². The molecule has 1 aliphatic rings. The van der Waals surface area contributed by atoms with Crippen LogP contribution in [0.5, 0.6) is 5.75 Å². The Kier molecular flexibility index (Phi) is 6.10. The van der Waals surface area contributed by atoms with Crippen molar-refractivity contribution in [3.05, 3.63) is 122 Å². The van der Waals surface area contributed by atoms with E-state index >= 15 is 0 Å². The second kappa shape index (κ2) is 9.21. The predicted octanol–water partition coefficient (Wildman–Crippen LogP) is 7.44. The van der Waals surface area contributed by atoms with Gasteiger partial charge in [0.25, 0.3) is 0 Å². The van der Waals surface area contributed by atoms with Gasteiger partial charge in [-0.25, -0.2) is 0 Å². The van der Waals surface area contributed by atoms with Gasteiger partial charge in [-0.15, -0.1) is 0 Å². The number of ether oxygens (including phenoxy) is 1. The highest BCUT2D eigenvalue weighted by Gasteiger charge is 2.32. The number of halogens is 2. The molecule has 0 aliphatic heterocycles. The van der Waals surface area contributed by atoms with Gasteiger partial charge in [0, 0.05) is 43.8 Å². The SMILES string of the molecule is Cc1cc(C=C2C(=O)c3ccccc3C2=O)c(C)n1-c1ccc(OCc2ccc(Cl)cc2Cl)cc1. The average molecular weight is 502 g/mol. The zero-order chi connectivity index (χ0) is 24.7. The van der Waals surface area contributed by atoms with Crippen LogP contribution >= 0.6 is 23.2 Å². The third-order valence-electron chi connectivity index (χ3n) is 6.18. The standard InChI is InChI=1S/C29H21Cl2NO3/c1-17-13-20(14-26-28(33)24-5-3-4-6-25(24)29(26)34)18(2)32(17)22-9-11-23(12-10-22)35-16-19-7-8-21(30)15-27(19)31/h3-15H,16H2,1-2H3. The van der Waals surface area contributed by atoms with Crippen LogP contribution in [0.15, 0.2) is 78.4 Å². The topological polar surface area (TPSA) is 48.3 Å². The van der Waals surface area contributed by atoms with Crippen LogP contribution in [-0.2, 0) is 6.61 Å². The van der Waals surface area contributed by atoms with E-state index in [1.807, 2.05) is 50.2 Å². The minimum absolute atomic E-state index is 0.205. The van der Waals surface area contributed by atoms with Crippen LogP contribution in [0.3, 0.4) is 0 Å². The molecule has 0 spiro atoms. The number of hydrogen-bond acceptors (Lipinski definition) is 3. The van der Waals surface area contributed by atoms with Crippen LogP contribution in [0.25, 0.3) is 11.8 Å². The van der Waals surface area contributed by atoms with Crippen LogP contribution in [0.1, 0.15) is 43.2 Å². The summed E-state index contributed by atoms with van der Waals surface area (Å²) in [4.78, 5) is 25.6. The lowest BCUT2D eigenvalue weighted by Crippen LogP contribution is -2.02. The molecule has 0 atom stereocenters. The predicted molar refractivity (Wildman–Crippen MR) is 139 cm³/mol. The molecule has 0 amide bonds. The highest BCUT2D eigenvalue weighted by Crippen LogP contribution is 2.30. The molecule has 174 valence electrons. The van der Waals surface area contributed by atoms with E-state index in [2.05, 4.69) is 4.57 Å². The Morgan fingerprint density at radius 1 is 0.857 bits per heavy atom. The van der Waals surface area contributed by atoms with Crippen molar-refractivity contribution in [1.29, 1.82) is 0 Å². The molecule has 3 aromatic carbocycles. The van der Waals surface area contributed by atoms with Crippen LogP contribution in [0, 0.1) is 13.8 Å². The van der Waals surface area contributed by atoms with Gasteiger partial charge in [-0.3, -0.25) is 9.59 Å². The maximum absolute atomic E-state index is 12.8. The zero-order valence-corrected chi connectivity index (χ0v) is 20.7. The number of rotatable bonds is 5. The quantitative estimate of drug-likeness (QED) is 0.211. The van der Waals surface area contributed by atoms with Gasteiger partial charge in [-0.2, -0.15) is 0 Å². The Hall–Kier alpha value is -3.60. The molecular formula is C29H21Cl2NO3. The lowest BCUT2D eigenvalue weighted by molar-refractivity contribution is 0.0990. The molecule has 0 saturated heterocycles. The lowest BCUT2D eigenvalue weighted by atomic mass is 10.1. The molecule has 1 heterocycles. The average Bonchev–Trinajstić information content (AvgIpc) is 3.26. The largest absolute Gasteiger partial charge is 0.489 e. The molecule has 4 aromatic rings. The van der Waals surface area contributed by atoms with Gasteiger partial charge < -0.3 is 9.30 Å². The van der Waals surface area contributed by atoms with Gasteiger partial charge in [0.15, 0.2) is 11.6 Å². The fraction of sp³-hybridized carbons (Fsp3) is 0.103. The van der Waals surface area contributed by atoms with Gasteiger partial charge in [0.1, 0.15) is 12.4 Å². The zero-order valence-electron chi connectivity index (χ0n) is 19.1. The minimum atomic E-state index is -0.224. The summed E-state index contributed by atoms with van der Waals surface area (Å²) in [5.74, 6) is 0.264. The second-order valence-corrected chi connectivity index (χ2v) is 9.29. The van der Waals surface area contributed by atoms with Crippen molar-refractivity contribution in [3.8, 4) is 11.4 Å². The van der Waals surface area contributed by atoms with E-state index in [0.29, 0.717) is 33.5 Å². The number of Topliss-reactive ketones (excluding diaryl/α,β-unsaturated/α-hetero) is 2. The molecule has 0 unspecified atom stereocenters. The lowest BCUT2D eigenvalue weighted by Gasteiger charge is -2.12. The normalized spacial score (nSPS) is 12.7. The monoisotopic (exact) mass is 501 g/mol. The molecule has 0 fully saturated rings. The molecule has 0 bridgehead atoms. The minimum Gasteiger partial charge on any atom is -0.489 e. The molecule has 35 heavy (non-hydrogen) atoms. The van der Waals surface area contributed by atoms with Crippen molar-refractivity contribution < 1.29 is 14.3 Å². The highest BCUT2D eigenvalue weighted by atomic mass is 35.5. The van der Waals surface area contributed by atoms with Crippen LogP contribution in [0.2, 0.25) is 10.0 Å². The molecule has 0 saturated carbocycles.